The fraction of sp³-hybridized carbons (Fsp3) is 0.944. The predicted molar refractivity (Wildman–Crippen MR) is 81.6 cm³/mol. The molecule has 0 aromatic rings. The first-order chi connectivity index (χ1) is 9.95. The highest BCUT2D eigenvalue weighted by Crippen LogP contribution is 2.65. The van der Waals surface area contributed by atoms with E-state index < -0.39 is 0 Å². The molecule has 3 nitrogen and oxygen atoms in total. The van der Waals surface area contributed by atoms with Gasteiger partial charge in [-0.1, -0.05) is 13.8 Å². The van der Waals surface area contributed by atoms with Crippen molar-refractivity contribution in [3.05, 3.63) is 0 Å². The van der Waals surface area contributed by atoms with Crippen molar-refractivity contribution in [2.75, 3.05) is 13.2 Å². The van der Waals surface area contributed by atoms with E-state index in [0.717, 1.165) is 44.1 Å². The molecule has 4 aliphatic carbocycles. The quantitative estimate of drug-likeness (QED) is 0.850. The van der Waals surface area contributed by atoms with Crippen molar-refractivity contribution in [2.45, 2.75) is 64.8 Å². The van der Waals surface area contributed by atoms with Crippen LogP contribution >= 0.6 is 0 Å². The van der Waals surface area contributed by atoms with E-state index in [1.54, 1.807) is 0 Å². The maximum Gasteiger partial charge on any atom is 0.229 e. The number of carbonyl (C=O) groups excluding carboxylic acids is 1. The SMILES string of the molecule is CC1CCN(C(=O)C23CC4CC(CC(C)(C4)C2)C3)C1CO. The molecule has 1 N–H and O–H groups in total. The minimum Gasteiger partial charge on any atom is -0.394 e. The van der Waals surface area contributed by atoms with Crippen molar-refractivity contribution < 1.29 is 9.90 Å². The number of likely N-dealkylation sites (tertiary alicyclic amines) is 1. The molecule has 1 heterocycles. The zero-order valence-corrected chi connectivity index (χ0v) is 13.5. The third kappa shape index (κ3) is 1.99. The fourth-order valence-electron chi connectivity index (χ4n) is 6.81. The van der Waals surface area contributed by atoms with Crippen molar-refractivity contribution in [3.8, 4) is 0 Å². The summed E-state index contributed by atoms with van der Waals surface area (Å²) >= 11 is 0. The van der Waals surface area contributed by atoms with Crippen LogP contribution in [-0.4, -0.2) is 35.1 Å². The zero-order chi connectivity index (χ0) is 14.8. The average molecular weight is 291 g/mol. The average Bonchev–Trinajstić information content (AvgIpc) is 2.75. The van der Waals surface area contributed by atoms with Gasteiger partial charge in [0.05, 0.1) is 18.1 Å². The van der Waals surface area contributed by atoms with Crippen LogP contribution in [0.5, 0.6) is 0 Å². The van der Waals surface area contributed by atoms with Crippen molar-refractivity contribution in [3.63, 3.8) is 0 Å². The Hall–Kier alpha value is -0.570. The minimum atomic E-state index is -0.0731. The van der Waals surface area contributed by atoms with Gasteiger partial charge in [0.1, 0.15) is 0 Å². The topological polar surface area (TPSA) is 40.5 Å². The smallest absolute Gasteiger partial charge is 0.229 e. The summed E-state index contributed by atoms with van der Waals surface area (Å²) in [5.74, 6) is 2.41. The predicted octanol–water partition coefficient (Wildman–Crippen LogP) is 2.82. The van der Waals surface area contributed by atoms with Gasteiger partial charge in [0, 0.05) is 6.54 Å². The van der Waals surface area contributed by atoms with Crippen LogP contribution in [0.15, 0.2) is 0 Å². The Morgan fingerprint density at radius 2 is 1.90 bits per heavy atom. The highest BCUT2D eigenvalue weighted by Gasteiger charge is 2.60. The third-order valence-corrected chi connectivity index (χ3v) is 7.14. The van der Waals surface area contributed by atoms with Gasteiger partial charge < -0.3 is 10.0 Å². The van der Waals surface area contributed by atoms with Crippen LogP contribution < -0.4 is 0 Å². The minimum absolute atomic E-state index is 0.0679. The van der Waals surface area contributed by atoms with Crippen molar-refractivity contribution in [2.24, 2.45) is 28.6 Å². The molecule has 1 aliphatic heterocycles. The van der Waals surface area contributed by atoms with E-state index in [-0.39, 0.29) is 18.1 Å². The molecular weight excluding hydrogens is 262 g/mol. The third-order valence-electron chi connectivity index (χ3n) is 7.14. The highest BCUT2D eigenvalue weighted by molar-refractivity contribution is 5.84. The van der Waals surface area contributed by atoms with E-state index in [1.807, 2.05) is 0 Å². The molecular formula is C18H29NO2. The second-order valence-corrected chi connectivity index (χ2v) is 9.07. The molecule has 5 fully saturated rings. The van der Waals surface area contributed by atoms with Crippen molar-refractivity contribution >= 4 is 5.91 Å². The lowest BCUT2D eigenvalue weighted by Gasteiger charge is -2.61. The van der Waals surface area contributed by atoms with E-state index in [1.165, 1.54) is 19.3 Å². The molecule has 5 aliphatic rings. The lowest BCUT2D eigenvalue weighted by molar-refractivity contribution is -0.167. The lowest BCUT2D eigenvalue weighted by Crippen LogP contribution is -2.58. The summed E-state index contributed by atoms with van der Waals surface area (Å²) in [6, 6.07) is 0.0679. The molecule has 4 bridgehead atoms. The molecule has 4 unspecified atom stereocenters. The first-order valence-corrected chi connectivity index (χ1v) is 8.87. The number of nitrogens with zero attached hydrogens (tertiary/aromatic N) is 1. The second kappa shape index (κ2) is 4.47. The molecule has 0 spiro atoms. The van der Waals surface area contributed by atoms with Gasteiger partial charge in [0.15, 0.2) is 0 Å². The summed E-state index contributed by atoms with van der Waals surface area (Å²) < 4.78 is 0. The molecule has 0 radical (unpaired) electrons. The van der Waals surface area contributed by atoms with Gasteiger partial charge in [-0.25, -0.2) is 0 Å². The van der Waals surface area contributed by atoms with Gasteiger partial charge in [-0.3, -0.25) is 4.79 Å². The van der Waals surface area contributed by atoms with Gasteiger partial charge in [0.25, 0.3) is 0 Å². The maximum absolute atomic E-state index is 13.4. The van der Waals surface area contributed by atoms with Crippen LogP contribution in [0.25, 0.3) is 0 Å². The van der Waals surface area contributed by atoms with E-state index in [2.05, 4.69) is 18.7 Å². The molecule has 4 atom stereocenters. The number of rotatable bonds is 2. The number of carbonyl (C=O) groups is 1. The van der Waals surface area contributed by atoms with E-state index in [9.17, 15) is 9.90 Å². The summed E-state index contributed by atoms with van der Waals surface area (Å²) in [6.45, 7) is 5.59. The summed E-state index contributed by atoms with van der Waals surface area (Å²) in [4.78, 5) is 15.4. The summed E-state index contributed by atoms with van der Waals surface area (Å²) in [5.41, 5.74) is 0.343. The van der Waals surface area contributed by atoms with E-state index in [0.29, 0.717) is 17.2 Å². The van der Waals surface area contributed by atoms with Crippen LogP contribution in [0, 0.1) is 28.6 Å². The Labute approximate surface area is 128 Å². The summed E-state index contributed by atoms with van der Waals surface area (Å²) in [6.07, 6.45) is 8.47. The van der Waals surface area contributed by atoms with Crippen molar-refractivity contribution in [1.29, 1.82) is 0 Å². The van der Waals surface area contributed by atoms with Crippen LogP contribution in [0.2, 0.25) is 0 Å². The number of hydrogen-bond donors (Lipinski definition) is 1. The molecule has 4 saturated carbocycles. The number of aliphatic hydroxyl groups is 1. The van der Waals surface area contributed by atoms with Crippen LogP contribution in [0.4, 0.5) is 0 Å². The largest absolute Gasteiger partial charge is 0.394 e. The first-order valence-electron chi connectivity index (χ1n) is 8.87. The Morgan fingerprint density at radius 3 is 2.48 bits per heavy atom. The molecule has 21 heavy (non-hydrogen) atoms. The Bertz CT molecular complexity index is 446. The lowest BCUT2D eigenvalue weighted by atomic mass is 9.44. The Morgan fingerprint density at radius 1 is 1.24 bits per heavy atom. The normalized spacial score (nSPS) is 51.7. The highest BCUT2D eigenvalue weighted by atomic mass is 16.3. The molecule has 3 heteroatoms. The van der Waals surface area contributed by atoms with Crippen LogP contribution in [-0.2, 0) is 4.79 Å². The molecule has 118 valence electrons. The number of aliphatic hydroxyl groups excluding tert-OH is 1. The second-order valence-electron chi connectivity index (χ2n) is 9.07. The molecule has 1 amide bonds. The number of hydrogen-bond acceptors (Lipinski definition) is 2. The Kier molecular flexibility index (Phi) is 2.99. The zero-order valence-electron chi connectivity index (χ0n) is 13.5. The first kappa shape index (κ1) is 14.0. The van der Waals surface area contributed by atoms with Gasteiger partial charge in [-0.05, 0) is 68.1 Å². The van der Waals surface area contributed by atoms with Gasteiger partial charge >= 0.3 is 0 Å². The van der Waals surface area contributed by atoms with Crippen LogP contribution in [0.1, 0.15) is 58.8 Å². The molecule has 0 aromatic heterocycles. The molecule has 0 aromatic carbocycles. The fourth-order valence-corrected chi connectivity index (χ4v) is 6.81. The van der Waals surface area contributed by atoms with Crippen molar-refractivity contribution in [1.82, 2.24) is 4.90 Å². The van der Waals surface area contributed by atoms with Crippen LogP contribution in [0.3, 0.4) is 0 Å². The van der Waals surface area contributed by atoms with Gasteiger partial charge in [0.2, 0.25) is 5.91 Å². The van der Waals surface area contributed by atoms with E-state index >= 15 is 0 Å². The standard InChI is InChI=1S/C18H29NO2/c1-12-3-4-19(15(12)10-20)16(21)18-8-13-5-14(9-18)7-17(2,6-13)11-18/h12-15,20H,3-11H2,1-2H3. The molecule has 5 rings (SSSR count). The van der Waals surface area contributed by atoms with E-state index in [4.69, 9.17) is 0 Å². The monoisotopic (exact) mass is 291 g/mol. The van der Waals surface area contributed by atoms with Gasteiger partial charge in [-0.15, -0.1) is 0 Å². The van der Waals surface area contributed by atoms with Gasteiger partial charge in [-0.2, -0.15) is 0 Å². The number of amides is 1. The summed E-state index contributed by atoms with van der Waals surface area (Å²) in [7, 11) is 0. The molecule has 1 saturated heterocycles. The Balaban J connectivity index is 1.62. The summed E-state index contributed by atoms with van der Waals surface area (Å²) in [5, 5.41) is 9.69. The maximum atomic E-state index is 13.4.